The molecule has 0 aliphatic carbocycles. The summed E-state index contributed by atoms with van der Waals surface area (Å²) in [4.78, 5) is 3.85. The van der Waals surface area contributed by atoms with Crippen LogP contribution in [0.4, 0.5) is 0 Å². The Hall–Kier alpha value is -0.0300. The van der Waals surface area contributed by atoms with Gasteiger partial charge in [-0.25, -0.2) is 0 Å². The first-order valence-corrected chi connectivity index (χ1v) is 8.07. The molecule has 1 aliphatic rings. The summed E-state index contributed by atoms with van der Waals surface area (Å²) in [5.41, 5.74) is 1.42. The number of hydrogen-bond donors (Lipinski definition) is 1. The normalized spacial score (nSPS) is 17.3. The topological polar surface area (TPSA) is 15.3 Å². The van der Waals surface area contributed by atoms with Crippen molar-refractivity contribution in [2.24, 2.45) is 0 Å². The quantitative estimate of drug-likeness (QED) is 0.860. The van der Waals surface area contributed by atoms with Crippen molar-refractivity contribution in [3.05, 3.63) is 28.2 Å². The SMILES string of the molecule is CSc1ccc(CCN2CCNCC2)cc1Br. The molecule has 17 heavy (non-hydrogen) atoms. The van der Waals surface area contributed by atoms with Crippen molar-refractivity contribution in [2.45, 2.75) is 11.3 Å². The third-order valence-corrected chi connectivity index (χ3v) is 4.86. The monoisotopic (exact) mass is 314 g/mol. The van der Waals surface area contributed by atoms with Crippen LogP contribution in [0.5, 0.6) is 0 Å². The minimum Gasteiger partial charge on any atom is -0.314 e. The summed E-state index contributed by atoms with van der Waals surface area (Å²) in [6.07, 6.45) is 3.26. The van der Waals surface area contributed by atoms with Crippen LogP contribution in [0.3, 0.4) is 0 Å². The van der Waals surface area contributed by atoms with Gasteiger partial charge >= 0.3 is 0 Å². The van der Waals surface area contributed by atoms with Gasteiger partial charge in [0.05, 0.1) is 0 Å². The van der Waals surface area contributed by atoms with Crippen molar-refractivity contribution in [3.63, 3.8) is 0 Å². The van der Waals surface area contributed by atoms with Crippen molar-refractivity contribution in [1.29, 1.82) is 0 Å². The summed E-state index contributed by atoms with van der Waals surface area (Å²) in [6, 6.07) is 6.72. The molecule has 0 saturated carbocycles. The summed E-state index contributed by atoms with van der Waals surface area (Å²) >= 11 is 5.41. The Morgan fingerprint density at radius 2 is 2.12 bits per heavy atom. The second kappa shape index (κ2) is 6.78. The minimum atomic E-state index is 1.13. The fourth-order valence-electron chi connectivity index (χ4n) is 2.09. The van der Waals surface area contributed by atoms with Gasteiger partial charge in [0.2, 0.25) is 0 Å². The molecular formula is C13H19BrN2S. The second-order valence-electron chi connectivity index (χ2n) is 4.31. The van der Waals surface area contributed by atoms with Gasteiger partial charge in [0.25, 0.3) is 0 Å². The van der Waals surface area contributed by atoms with Crippen LogP contribution in [-0.2, 0) is 6.42 Å². The molecule has 1 aliphatic heterocycles. The van der Waals surface area contributed by atoms with E-state index in [4.69, 9.17) is 0 Å². The molecule has 1 N–H and O–H groups in total. The zero-order chi connectivity index (χ0) is 12.1. The summed E-state index contributed by atoms with van der Waals surface area (Å²) in [5.74, 6) is 0. The Labute approximate surface area is 116 Å². The number of rotatable bonds is 4. The van der Waals surface area contributed by atoms with E-state index < -0.39 is 0 Å². The molecule has 1 saturated heterocycles. The molecule has 2 rings (SSSR count). The van der Waals surface area contributed by atoms with E-state index in [0.29, 0.717) is 0 Å². The molecule has 0 radical (unpaired) electrons. The highest BCUT2D eigenvalue weighted by atomic mass is 79.9. The number of benzene rings is 1. The maximum Gasteiger partial charge on any atom is 0.0313 e. The van der Waals surface area contributed by atoms with Crippen molar-refractivity contribution < 1.29 is 0 Å². The largest absolute Gasteiger partial charge is 0.314 e. The summed E-state index contributed by atoms with van der Waals surface area (Å²) in [5, 5.41) is 3.39. The van der Waals surface area contributed by atoms with Crippen LogP contribution in [-0.4, -0.2) is 43.9 Å². The Morgan fingerprint density at radius 1 is 1.35 bits per heavy atom. The average Bonchev–Trinajstić information content (AvgIpc) is 2.38. The van der Waals surface area contributed by atoms with Gasteiger partial charge in [-0.15, -0.1) is 11.8 Å². The van der Waals surface area contributed by atoms with Crippen LogP contribution in [0.15, 0.2) is 27.6 Å². The molecule has 2 nitrogen and oxygen atoms in total. The van der Waals surface area contributed by atoms with E-state index in [2.05, 4.69) is 50.6 Å². The van der Waals surface area contributed by atoms with Crippen molar-refractivity contribution in [2.75, 3.05) is 39.0 Å². The Kier molecular flexibility index (Phi) is 5.35. The van der Waals surface area contributed by atoms with Crippen LogP contribution in [0.1, 0.15) is 5.56 Å². The van der Waals surface area contributed by atoms with Crippen LogP contribution in [0.25, 0.3) is 0 Å². The first-order chi connectivity index (χ1) is 8.29. The highest BCUT2D eigenvalue weighted by Gasteiger charge is 2.09. The van der Waals surface area contributed by atoms with Gasteiger partial charge in [0.15, 0.2) is 0 Å². The third-order valence-electron chi connectivity index (χ3n) is 3.14. The molecule has 0 unspecified atom stereocenters. The Balaban J connectivity index is 1.87. The van der Waals surface area contributed by atoms with E-state index in [-0.39, 0.29) is 0 Å². The first kappa shape index (κ1) is 13.4. The molecule has 1 fully saturated rings. The molecule has 94 valence electrons. The van der Waals surface area contributed by atoms with E-state index in [9.17, 15) is 0 Å². The molecule has 0 atom stereocenters. The molecule has 0 amide bonds. The molecule has 0 aromatic heterocycles. The number of piperazine rings is 1. The third kappa shape index (κ3) is 3.98. The molecule has 1 aromatic rings. The van der Waals surface area contributed by atoms with Crippen molar-refractivity contribution in [1.82, 2.24) is 10.2 Å². The van der Waals surface area contributed by atoms with Gasteiger partial charge in [-0.1, -0.05) is 6.07 Å². The lowest BCUT2D eigenvalue weighted by Crippen LogP contribution is -2.44. The number of nitrogens with zero attached hydrogens (tertiary/aromatic N) is 1. The smallest absolute Gasteiger partial charge is 0.0313 e. The van der Waals surface area contributed by atoms with Crippen LogP contribution >= 0.6 is 27.7 Å². The van der Waals surface area contributed by atoms with Gasteiger partial charge in [-0.3, -0.25) is 0 Å². The van der Waals surface area contributed by atoms with Gasteiger partial charge in [0.1, 0.15) is 0 Å². The fraction of sp³-hybridized carbons (Fsp3) is 0.538. The lowest BCUT2D eigenvalue weighted by atomic mass is 10.1. The molecule has 1 heterocycles. The predicted octanol–water partition coefficient (Wildman–Crippen LogP) is 2.62. The lowest BCUT2D eigenvalue weighted by molar-refractivity contribution is 0.244. The summed E-state index contributed by atoms with van der Waals surface area (Å²) < 4.78 is 1.22. The highest BCUT2D eigenvalue weighted by Crippen LogP contribution is 2.26. The van der Waals surface area contributed by atoms with Crippen LogP contribution < -0.4 is 5.32 Å². The molecule has 0 spiro atoms. The van der Waals surface area contributed by atoms with Crippen LogP contribution in [0.2, 0.25) is 0 Å². The van der Waals surface area contributed by atoms with Gasteiger partial charge in [-0.05, 0) is 46.3 Å². The number of thioether (sulfide) groups is 1. The second-order valence-corrected chi connectivity index (χ2v) is 6.01. The fourth-order valence-corrected chi connectivity index (χ4v) is 3.46. The number of hydrogen-bond acceptors (Lipinski definition) is 3. The Morgan fingerprint density at radius 3 is 2.76 bits per heavy atom. The molecular weight excluding hydrogens is 296 g/mol. The first-order valence-electron chi connectivity index (χ1n) is 6.05. The van der Waals surface area contributed by atoms with E-state index in [1.165, 1.54) is 34.6 Å². The zero-order valence-electron chi connectivity index (χ0n) is 10.2. The molecule has 0 bridgehead atoms. The van der Waals surface area contributed by atoms with Gasteiger partial charge < -0.3 is 10.2 Å². The maximum absolute atomic E-state index is 3.63. The van der Waals surface area contributed by atoms with E-state index in [1.807, 2.05) is 0 Å². The van der Waals surface area contributed by atoms with E-state index in [0.717, 1.165) is 19.5 Å². The van der Waals surface area contributed by atoms with E-state index >= 15 is 0 Å². The van der Waals surface area contributed by atoms with Gasteiger partial charge in [-0.2, -0.15) is 0 Å². The molecule has 4 heteroatoms. The number of nitrogens with one attached hydrogen (secondary N) is 1. The Bertz CT molecular complexity index is 364. The van der Waals surface area contributed by atoms with Crippen molar-refractivity contribution >= 4 is 27.7 Å². The maximum atomic E-state index is 3.63. The minimum absolute atomic E-state index is 1.13. The van der Waals surface area contributed by atoms with Crippen molar-refractivity contribution in [3.8, 4) is 0 Å². The summed E-state index contributed by atoms with van der Waals surface area (Å²) in [6.45, 7) is 5.81. The average molecular weight is 315 g/mol. The van der Waals surface area contributed by atoms with E-state index in [1.54, 1.807) is 11.8 Å². The van der Waals surface area contributed by atoms with Crippen LogP contribution in [0, 0.1) is 0 Å². The van der Waals surface area contributed by atoms with Gasteiger partial charge in [0, 0.05) is 42.1 Å². The highest BCUT2D eigenvalue weighted by molar-refractivity contribution is 9.10. The molecule has 1 aromatic carbocycles. The lowest BCUT2D eigenvalue weighted by Gasteiger charge is -2.27. The summed E-state index contributed by atoms with van der Waals surface area (Å²) in [7, 11) is 0. The number of halogens is 1. The predicted molar refractivity (Wildman–Crippen MR) is 78.9 cm³/mol. The zero-order valence-corrected chi connectivity index (χ0v) is 12.6. The standard InChI is InChI=1S/C13H19BrN2S/c1-17-13-3-2-11(10-12(13)14)4-7-16-8-5-15-6-9-16/h2-3,10,15H,4-9H2,1H3.